The van der Waals surface area contributed by atoms with Gasteiger partial charge in [-0.1, -0.05) is 39.0 Å². The maximum absolute atomic E-state index is 7.57. The van der Waals surface area contributed by atoms with Gasteiger partial charge in [0.25, 0.3) is 5.69 Å². The maximum Gasteiger partial charge on any atom is 0.257 e. The second-order valence-corrected chi connectivity index (χ2v) is 12.2. The highest BCUT2D eigenvalue weighted by molar-refractivity contribution is 6.07. The monoisotopic (exact) mass is 463 g/mol. The molecule has 0 spiro atoms. The second kappa shape index (κ2) is 7.82. The van der Waals surface area contributed by atoms with Crippen LogP contribution in [0.25, 0.3) is 37.6 Å². The first-order valence-corrected chi connectivity index (χ1v) is 12.5. The van der Waals surface area contributed by atoms with Gasteiger partial charge in [0.2, 0.25) is 11.3 Å². The molecule has 0 unspecified atom stereocenters. The fraction of sp³-hybridized carbons (Fsp3) is 0.375. The fourth-order valence-electron chi connectivity index (χ4n) is 5.52. The van der Waals surface area contributed by atoms with Crippen LogP contribution in [0.4, 0.5) is 0 Å². The van der Waals surface area contributed by atoms with Gasteiger partial charge in [0.1, 0.15) is 12.8 Å². The molecular formula is C32H35N2O+. The topological polar surface area (TPSA) is 17.5 Å². The molecule has 3 nitrogen and oxygen atoms in total. The highest BCUT2D eigenvalue weighted by atomic mass is 16.5. The van der Waals surface area contributed by atoms with Gasteiger partial charge in [0.15, 0.2) is 6.20 Å². The third-order valence-electron chi connectivity index (χ3n) is 7.17. The van der Waals surface area contributed by atoms with Gasteiger partial charge in [0.05, 0.1) is 12.0 Å². The summed E-state index contributed by atoms with van der Waals surface area (Å²) in [4.78, 5) is 3.83. The Bertz CT molecular complexity index is 1560. The molecule has 4 aromatic rings. The number of fused-ring (bicyclic) bond motifs is 4. The van der Waals surface area contributed by atoms with E-state index in [4.69, 9.17) is 11.3 Å². The predicted molar refractivity (Wildman–Crippen MR) is 145 cm³/mol. The minimum absolute atomic E-state index is 0.194. The predicted octanol–water partition coefficient (Wildman–Crippen LogP) is 8.04. The van der Waals surface area contributed by atoms with Crippen LogP contribution in [0.15, 0.2) is 42.6 Å². The number of hydrogen-bond acceptors (Lipinski definition) is 1. The third kappa shape index (κ3) is 4.06. The first-order valence-electron chi connectivity index (χ1n) is 12.5. The van der Waals surface area contributed by atoms with E-state index in [0.717, 1.165) is 39.9 Å². The summed E-state index contributed by atoms with van der Waals surface area (Å²) in [6.45, 7) is 22.9. The number of nitrogens with zero attached hydrogens (tertiary/aromatic N) is 2. The molecule has 5 rings (SSSR count). The van der Waals surface area contributed by atoms with Gasteiger partial charge in [-0.15, -0.1) is 0 Å². The Morgan fingerprint density at radius 3 is 2.34 bits per heavy atom. The SMILES string of the molecule is [C-]#[N+]C(C)(C)Cc1ccc2c[n+](C)c3c(c2c1)Oc1cc(CC(C)(C)C)cc2cc(C)c(C)c-3c12. The first-order chi connectivity index (χ1) is 16.4. The van der Waals surface area contributed by atoms with Crippen molar-refractivity contribution in [2.75, 3.05) is 0 Å². The van der Waals surface area contributed by atoms with Crippen LogP contribution >= 0.6 is 0 Å². The van der Waals surface area contributed by atoms with E-state index in [1.54, 1.807) is 0 Å². The quantitative estimate of drug-likeness (QED) is 0.195. The normalized spacial score (nSPS) is 13.0. The highest BCUT2D eigenvalue weighted by Crippen LogP contribution is 2.50. The van der Waals surface area contributed by atoms with Crippen molar-refractivity contribution >= 4 is 21.5 Å². The van der Waals surface area contributed by atoms with Crippen molar-refractivity contribution in [3.8, 4) is 22.8 Å². The summed E-state index contributed by atoms with van der Waals surface area (Å²) in [7, 11) is 2.12. The molecule has 0 atom stereocenters. The summed E-state index contributed by atoms with van der Waals surface area (Å²) in [5.41, 5.74) is 7.23. The van der Waals surface area contributed by atoms with Crippen molar-refractivity contribution < 1.29 is 9.30 Å². The van der Waals surface area contributed by atoms with Crippen molar-refractivity contribution in [2.24, 2.45) is 12.5 Å². The standard InChI is InChI=1S/C32H35N2O/c1-19-12-24-13-22(16-31(3,4)5)15-26-28(24)27(20(19)2)29-30(35-26)25-14-21(17-32(6,7)33-8)10-11-23(25)18-34(29)9/h10-15,18H,16-17H2,1-7,9H3/q+1. The molecule has 0 radical (unpaired) electrons. The van der Waals surface area contributed by atoms with Crippen LogP contribution in [0.1, 0.15) is 56.9 Å². The molecule has 1 aliphatic rings. The Hall–Kier alpha value is -3.38. The van der Waals surface area contributed by atoms with Crippen LogP contribution in [0.5, 0.6) is 11.5 Å². The number of aromatic nitrogens is 1. The van der Waals surface area contributed by atoms with Crippen LogP contribution in [-0.2, 0) is 19.9 Å². The molecule has 3 heteroatoms. The van der Waals surface area contributed by atoms with E-state index >= 15 is 0 Å². The second-order valence-electron chi connectivity index (χ2n) is 12.2. The van der Waals surface area contributed by atoms with E-state index < -0.39 is 5.54 Å². The van der Waals surface area contributed by atoms with Crippen molar-refractivity contribution in [1.82, 2.24) is 0 Å². The average molecular weight is 464 g/mol. The molecule has 178 valence electrons. The van der Waals surface area contributed by atoms with Gasteiger partial charge in [-0.05, 0) is 71.5 Å². The summed E-state index contributed by atoms with van der Waals surface area (Å²) in [6, 6.07) is 13.4. The molecule has 0 saturated heterocycles. The third-order valence-corrected chi connectivity index (χ3v) is 7.17. The van der Waals surface area contributed by atoms with Crippen LogP contribution < -0.4 is 9.30 Å². The number of ether oxygens (including phenoxy) is 1. The molecule has 1 aromatic heterocycles. The van der Waals surface area contributed by atoms with Crippen molar-refractivity contribution in [3.05, 3.63) is 76.3 Å². The minimum Gasteiger partial charge on any atom is -0.449 e. The number of hydrogen-bond donors (Lipinski definition) is 0. The van der Waals surface area contributed by atoms with E-state index in [9.17, 15) is 0 Å². The number of aryl methyl sites for hydroxylation is 2. The molecule has 3 aromatic carbocycles. The van der Waals surface area contributed by atoms with Crippen LogP contribution in [0.3, 0.4) is 0 Å². The molecule has 0 aliphatic carbocycles. The average Bonchev–Trinajstić information content (AvgIpc) is 2.75. The maximum atomic E-state index is 7.57. The van der Waals surface area contributed by atoms with E-state index in [-0.39, 0.29) is 5.41 Å². The van der Waals surface area contributed by atoms with Gasteiger partial charge < -0.3 is 9.58 Å². The molecule has 35 heavy (non-hydrogen) atoms. The highest BCUT2D eigenvalue weighted by Gasteiger charge is 2.33. The van der Waals surface area contributed by atoms with Gasteiger partial charge in [0, 0.05) is 30.0 Å². The van der Waals surface area contributed by atoms with Crippen molar-refractivity contribution in [1.29, 1.82) is 0 Å². The molecule has 0 N–H and O–H groups in total. The van der Waals surface area contributed by atoms with Gasteiger partial charge in [-0.25, -0.2) is 6.57 Å². The van der Waals surface area contributed by atoms with Gasteiger partial charge in [-0.3, -0.25) is 0 Å². The molecule has 0 saturated carbocycles. The molecule has 1 aliphatic heterocycles. The van der Waals surface area contributed by atoms with Crippen LogP contribution in [-0.4, -0.2) is 5.54 Å². The summed E-state index contributed by atoms with van der Waals surface area (Å²) < 4.78 is 9.04. The van der Waals surface area contributed by atoms with E-state index in [1.165, 1.54) is 33.0 Å². The Morgan fingerprint density at radius 1 is 0.914 bits per heavy atom. The molecule has 0 bridgehead atoms. The lowest BCUT2D eigenvalue weighted by molar-refractivity contribution is -0.659. The van der Waals surface area contributed by atoms with Crippen LogP contribution in [0.2, 0.25) is 0 Å². The zero-order valence-corrected chi connectivity index (χ0v) is 22.3. The minimum atomic E-state index is -0.429. The zero-order chi connectivity index (χ0) is 25.3. The fourth-order valence-corrected chi connectivity index (χ4v) is 5.52. The van der Waals surface area contributed by atoms with Crippen LogP contribution in [0, 0.1) is 25.8 Å². The molecular weight excluding hydrogens is 428 g/mol. The summed E-state index contributed by atoms with van der Waals surface area (Å²) >= 11 is 0. The largest absolute Gasteiger partial charge is 0.449 e. The first kappa shape index (κ1) is 23.4. The van der Waals surface area contributed by atoms with Gasteiger partial charge >= 0.3 is 0 Å². The summed E-state index contributed by atoms with van der Waals surface area (Å²) in [5, 5.41) is 4.71. The lowest BCUT2D eigenvalue weighted by Crippen LogP contribution is -2.32. The smallest absolute Gasteiger partial charge is 0.257 e. The number of rotatable bonds is 3. The Kier molecular flexibility index (Phi) is 5.22. The Morgan fingerprint density at radius 2 is 1.66 bits per heavy atom. The van der Waals surface area contributed by atoms with Crippen molar-refractivity contribution in [3.63, 3.8) is 0 Å². The summed E-state index contributed by atoms with van der Waals surface area (Å²) in [5.74, 6) is 1.87. The van der Waals surface area contributed by atoms with Crippen molar-refractivity contribution in [2.45, 2.75) is 66.8 Å². The van der Waals surface area contributed by atoms with Gasteiger partial charge in [-0.2, -0.15) is 4.57 Å². The van der Waals surface area contributed by atoms with E-state index in [1.807, 2.05) is 13.8 Å². The lowest BCUT2D eigenvalue weighted by Gasteiger charge is -2.25. The lowest BCUT2D eigenvalue weighted by atomic mass is 9.84. The molecule has 0 fully saturated rings. The zero-order valence-electron chi connectivity index (χ0n) is 22.3. The number of benzene rings is 3. The molecule has 2 heterocycles. The number of pyridine rings is 1. The van der Waals surface area contributed by atoms with E-state index in [0.29, 0.717) is 6.42 Å². The van der Waals surface area contributed by atoms with E-state index in [2.05, 4.69) is 93.7 Å². The molecule has 0 amide bonds. The Labute approximate surface area is 209 Å². The summed E-state index contributed by atoms with van der Waals surface area (Å²) in [6.07, 6.45) is 3.91. The Balaban J connectivity index is 1.81.